The largest absolute Gasteiger partial charge is 0.394 e. The summed E-state index contributed by atoms with van der Waals surface area (Å²) in [5, 5.41) is 32.3. The molecule has 0 atom stereocenters. The molecule has 0 unspecified atom stereocenters. The first-order valence-corrected chi connectivity index (χ1v) is 8.40. The highest BCUT2D eigenvalue weighted by atomic mass is 16.5. The van der Waals surface area contributed by atoms with Crippen LogP contribution < -0.4 is 0 Å². The lowest BCUT2D eigenvalue weighted by Crippen LogP contribution is -1.96. The fraction of sp³-hybridized carbons (Fsp3) is 1.00. The lowest BCUT2D eigenvalue weighted by Gasteiger charge is -1.91. The van der Waals surface area contributed by atoms with Gasteiger partial charge in [-0.15, -0.1) is 0 Å². The zero-order valence-electron chi connectivity index (χ0n) is 15.9. The molecule has 0 aromatic heterocycles. The Morgan fingerprint density at radius 2 is 0.583 bits per heavy atom. The Kier molecular flexibility index (Phi) is 56.8. The molecule has 0 aliphatic rings. The zero-order valence-corrected chi connectivity index (χ0v) is 15.9. The lowest BCUT2D eigenvalue weighted by atomic mass is 10.8. The number of rotatable bonds is 12. The topological polar surface area (TPSA) is 118 Å². The van der Waals surface area contributed by atoms with Crippen molar-refractivity contribution in [1.29, 1.82) is 0 Å². The first-order chi connectivity index (χ1) is 11.7. The van der Waals surface area contributed by atoms with Crippen molar-refractivity contribution in [1.82, 2.24) is 0 Å². The molecule has 0 spiro atoms. The maximum Gasteiger partial charge on any atom is 0.0697 e. The van der Waals surface area contributed by atoms with Gasteiger partial charge in [0.1, 0.15) is 0 Å². The van der Waals surface area contributed by atoms with Crippen molar-refractivity contribution in [2.75, 3.05) is 79.3 Å². The van der Waals surface area contributed by atoms with Gasteiger partial charge in [0, 0.05) is 26.4 Å². The van der Waals surface area contributed by atoms with Crippen molar-refractivity contribution in [3.63, 3.8) is 0 Å². The molecule has 0 aliphatic heterocycles. The van der Waals surface area contributed by atoms with Crippen LogP contribution >= 0.6 is 0 Å². The Hall–Kier alpha value is -0.320. The van der Waals surface area contributed by atoms with E-state index < -0.39 is 0 Å². The third kappa shape index (κ3) is 68.0. The Balaban J connectivity index is -0.000000111. The standard InChI is InChI=1S/4C4H10O2/c4*1-2-6-4-3-5/h4*5H,2-4H2,1H3. The molecule has 8 nitrogen and oxygen atoms in total. The highest BCUT2D eigenvalue weighted by Gasteiger charge is 1.75. The van der Waals surface area contributed by atoms with Gasteiger partial charge in [0.15, 0.2) is 0 Å². The van der Waals surface area contributed by atoms with Crippen LogP contribution in [0.25, 0.3) is 0 Å². The van der Waals surface area contributed by atoms with Gasteiger partial charge in [0.2, 0.25) is 0 Å². The van der Waals surface area contributed by atoms with Crippen LogP contribution in [0.5, 0.6) is 0 Å². The molecule has 0 radical (unpaired) electrons. The van der Waals surface area contributed by atoms with Gasteiger partial charge in [0.05, 0.1) is 52.9 Å². The second-order valence-corrected chi connectivity index (χ2v) is 3.68. The first-order valence-electron chi connectivity index (χ1n) is 8.40. The molecule has 24 heavy (non-hydrogen) atoms. The first kappa shape index (κ1) is 31.4. The van der Waals surface area contributed by atoms with E-state index in [2.05, 4.69) is 0 Å². The maximum absolute atomic E-state index is 8.07. The van der Waals surface area contributed by atoms with Crippen molar-refractivity contribution in [2.45, 2.75) is 27.7 Å². The summed E-state index contributed by atoms with van der Waals surface area (Å²) in [6.07, 6.45) is 0. The normalized spacial score (nSPS) is 9.00. The molecular weight excluding hydrogens is 320 g/mol. The predicted octanol–water partition coefficient (Wildman–Crippen LogP) is 0.0608. The summed E-state index contributed by atoms with van der Waals surface area (Å²) in [5.74, 6) is 0. The van der Waals surface area contributed by atoms with Crippen LogP contribution in [0.3, 0.4) is 0 Å². The minimum atomic E-state index is 0.133. The minimum absolute atomic E-state index is 0.133. The Bertz CT molecular complexity index is 102. The van der Waals surface area contributed by atoms with Gasteiger partial charge in [0.25, 0.3) is 0 Å². The zero-order chi connectivity index (χ0) is 19.3. The minimum Gasteiger partial charge on any atom is -0.394 e. The van der Waals surface area contributed by atoms with Gasteiger partial charge in [-0.1, -0.05) is 0 Å². The number of hydrogen-bond donors (Lipinski definition) is 4. The summed E-state index contributed by atoms with van der Waals surface area (Å²) in [4.78, 5) is 0. The smallest absolute Gasteiger partial charge is 0.0697 e. The van der Waals surface area contributed by atoms with Crippen molar-refractivity contribution in [3.8, 4) is 0 Å². The summed E-state index contributed by atoms with van der Waals surface area (Å²) >= 11 is 0. The molecule has 0 heterocycles. The molecule has 0 rings (SSSR count). The van der Waals surface area contributed by atoms with E-state index in [1.165, 1.54) is 0 Å². The molecular formula is C16H40O8. The van der Waals surface area contributed by atoms with Crippen molar-refractivity contribution >= 4 is 0 Å². The third-order valence-electron chi connectivity index (χ3n) is 1.76. The number of hydrogen-bond acceptors (Lipinski definition) is 8. The maximum atomic E-state index is 8.07. The van der Waals surface area contributed by atoms with Gasteiger partial charge in [-0.3, -0.25) is 0 Å². The van der Waals surface area contributed by atoms with Crippen LogP contribution in [-0.2, 0) is 18.9 Å². The quantitative estimate of drug-likeness (QED) is 0.361. The van der Waals surface area contributed by atoms with Gasteiger partial charge in [-0.25, -0.2) is 0 Å². The van der Waals surface area contributed by atoms with Crippen LogP contribution in [0, 0.1) is 0 Å². The average molecular weight is 360 g/mol. The van der Waals surface area contributed by atoms with Crippen LogP contribution in [-0.4, -0.2) is 99.7 Å². The van der Waals surface area contributed by atoms with Crippen molar-refractivity contribution < 1.29 is 39.4 Å². The molecule has 0 saturated heterocycles. The van der Waals surface area contributed by atoms with E-state index >= 15 is 0 Å². The Labute approximate surface area is 147 Å². The van der Waals surface area contributed by atoms with E-state index in [9.17, 15) is 0 Å². The van der Waals surface area contributed by atoms with Gasteiger partial charge >= 0.3 is 0 Å². The molecule has 0 aromatic rings. The van der Waals surface area contributed by atoms with Crippen molar-refractivity contribution in [3.05, 3.63) is 0 Å². The molecule has 0 aromatic carbocycles. The molecule has 0 fully saturated rings. The highest BCUT2D eigenvalue weighted by molar-refractivity contribution is 4.19. The molecule has 0 aliphatic carbocycles. The van der Waals surface area contributed by atoms with Crippen LogP contribution in [0.15, 0.2) is 0 Å². The van der Waals surface area contributed by atoms with Crippen LogP contribution in [0.4, 0.5) is 0 Å². The van der Waals surface area contributed by atoms with Crippen LogP contribution in [0.2, 0.25) is 0 Å². The lowest BCUT2D eigenvalue weighted by molar-refractivity contribution is 0.102. The summed E-state index contributed by atoms with van der Waals surface area (Å²) < 4.78 is 18.9. The van der Waals surface area contributed by atoms with Crippen LogP contribution in [0.1, 0.15) is 27.7 Å². The fourth-order valence-electron chi connectivity index (χ4n) is 0.836. The summed E-state index contributed by atoms with van der Waals surface area (Å²) in [5.41, 5.74) is 0. The molecule has 8 heteroatoms. The fourth-order valence-corrected chi connectivity index (χ4v) is 0.836. The Morgan fingerprint density at radius 1 is 0.417 bits per heavy atom. The van der Waals surface area contributed by atoms with E-state index in [1.807, 2.05) is 27.7 Å². The second-order valence-electron chi connectivity index (χ2n) is 3.68. The predicted molar refractivity (Wildman–Crippen MR) is 94.3 cm³/mol. The second kappa shape index (κ2) is 43.4. The van der Waals surface area contributed by atoms with E-state index in [-0.39, 0.29) is 26.4 Å². The highest BCUT2D eigenvalue weighted by Crippen LogP contribution is 1.68. The molecule has 152 valence electrons. The summed E-state index contributed by atoms with van der Waals surface area (Å²) in [7, 11) is 0. The average Bonchev–Trinajstić information content (AvgIpc) is 2.62. The molecule has 0 bridgehead atoms. The summed E-state index contributed by atoms with van der Waals surface area (Å²) in [6, 6.07) is 0. The third-order valence-corrected chi connectivity index (χ3v) is 1.76. The molecule has 4 N–H and O–H groups in total. The molecule has 0 saturated carbocycles. The summed E-state index contributed by atoms with van der Waals surface area (Å²) in [6.45, 7) is 12.8. The number of aliphatic hydroxyl groups excluding tert-OH is 4. The van der Waals surface area contributed by atoms with E-state index in [0.29, 0.717) is 52.9 Å². The van der Waals surface area contributed by atoms with Crippen molar-refractivity contribution in [2.24, 2.45) is 0 Å². The Morgan fingerprint density at radius 3 is 0.625 bits per heavy atom. The van der Waals surface area contributed by atoms with E-state index in [1.54, 1.807) is 0 Å². The van der Waals surface area contributed by atoms with Gasteiger partial charge in [-0.05, 0) is 27.7 Å². The monoisotopic (exact) mass is 360 g/mol. The van der Waals surface area contributed by atoms with Gasteiger partial charge in [-0.2, -0.15) is 0 Å². The number of aliphatic hydroxyl groups is 4. The SMILES string of the molecule is CCOCCO.CCOCCO.CCOCCO.CCOCCO. The van der Waals surface area contributed by atoms with E-state index in [4.69, 9.17) is 39.4 Å². The van der Waals surface area contributed by atoms with E-state index in [0.717, 1.165) is 0 Å². The molecule has 0 amide bonds. The number of ether oxygens (including phenoxy) is 4. The van der Waals surface area contributed by atoms with Gasteiger partial charge < -0.3 is 39.4 Å².